The van der Waals surface area contributed by atoms with Crippen molar-refractivity contribution in [3.05, 3.63) is 83.9 Å². The fourth-order valence-electron chi connectivity index (χ4n) is 3.96. The maximum Gasteiger partial charge on any atom is 0.255 e. The Labute approximate surface area is 191 Å². The van der Waals surface area contributed by atoms with E-state index in [1.807, 2.05) is 53.2 Å². The fourth-order valence-corrected chi connectivity index (χ4v) is 5.48. The molecule has 2 heterocycles. The Kier molecular flexibility index (Phi) is 5.65. The van der Waals surface area contributed by atoms with Crippen LogP contribution < -0.4 is 5.32 Å². The summed E-state index contributed by atoms with van der Waals surface area (Å²) in [6.07, 6.45) is 1.77. The minimum Gasteiger partial charge on any atom is -0.322 e. The first-order chi connectivity index (χ1) is 16.0. The average Bonchev–Trinajstić information content (AvgIpc) is 3.52. The number of carbonyl (C=O) groups excluding carboxylic acids is 1. The molecule has 0 unspecified atom stereocenters. The minimum atomic E-state index is -3.49. The van der Waals surface area contributed by atoms with Crippen molar-refractivity contribution in [2.24, 2.45) is 0 Å². The van der Waals surface area contributed by atoms with Crippen LogP contribution in [0.2, 0.25) is 0 Å². The molecule has 0 atom stereocenters. The number of anilines is 1. The molecule has 4 aromatic rings. The smallest absolute Gasteiger partial charge is 0.255 e. The first-order valence-corrected chi connectivity index (χ1v) is 12.2. The van der Waals surface area contributed by atoms with E-state index in [1.165, 1.54) is 16.4 Å². The summed E-state index contributed by atoms with van der Waals surface area (Å²) in [6, 6.07) is 21.4. The third-order valence-corrected chi connectivity index (χ3v) is 7.70. The number of para-hydroxylation sites is 1. The Morgan fingerprint density at radius 2 is 1.61 bits per heavy atom. The van der Waals surface area contributed by atoms with Gasteiger partial charge in [0.1, 0.15) is 5.52 Å². The number of benzene rings is 3. The largest absolute Gasteiger partial charge is 0.322 e. The van der Waals surface area contributed by atoms with Crippen LogP contribution in [0, 0.1) is 0 Å². The van der Waals surface area contributed by atoms with Crippen molar-refractivity contribution in [1.29, 1.82) is 0 Å². The zero-order valence-electron chi connectivity index (χ0n) is 17.9. The molecule has 1 aromatic heterocycles. The van der Waals surface area contributed by atoms with Crippen molar-refractivity contribution in [1.82, 2.24) is 19.3 Å². The van der Waals surface area contributed by atoms with Gasteiger partial charge in [-0.25, -0.2) is 13.1 Å². The highest BCUT2D eigenvalue weighted by atomic mass is 32.2. The van der Waals surface area contributed by atoms with E-state index in [1.54, 1.807) is 12.1 Å². The zero-order chi connectivity index (χ0) is 22.8. The van der Waals surface area contributed by atoms with Crippen molar-refractivity contribution in [3.63, 3.8) is 0 Å². The number of hydrogen-bond donors (Lipinski definition) is 1. The summed E-state index contributed by atoms with van der Waals surface area (Å²) in [6.45, 7) is 1.67. The number of sulfonamides is 1. The van der Waals surface area contributed by atoms with Gasteiger partial charge in [-0.2, -0.15) is 4.31 Å². The molecular weight excluding hydrogens is 438 g/mol. The molecule has 8 nitrogen and oxygen atoms in total. The third kappa shape index (κ3) is 4.37. The van der Waals surface area contributed by atoms with Gasteiger partial charge in [-0.3, -0.25) is 4.79 Å². The summed E-state index contributed by atoms with van der Waals surface area (Å²) in [5, 5.41) is 11.2. The Morgan fingerprint density at radius 3 is 2.33 bits per heavy atom. The molecule has 3 aromatic carbocycles. The second-order valence-corrected chi connectivity index (χ2v) is 9.96. The summed E-state index contributed by atoms with van der Waals surface area (Å²) >= 11 is 0. The van der Waals surface area contributed by atoms with Gasteiger partial charge >= 0.3 is 0 Å². The van der Waals surface area contributed by atoms with E-state index in [9.17, 15) is 13.2 Å². The highest BCUT2D eigenvalue weighted by molar-refractivity contribution is 7.89. The summed E-state index contributed by atoms with van der Waals surface area (Å²) < 4.78 is 28.6. The number of nitrogens with one attached hydrogen (secondary N) is 1. The predicted molar refractivity (Wildman–Crippen MR) is 125 cm³/mol. The molecule has 0 bridgehead atoms. The molecule has 1 N–H and O–H groups in total. The van der Waals surface area contributed by atoms with Gasteiger partial charge in [0, 0.05) is 24.3 Å². The molecule has 0 aliphatic carbocycles. The Hall–Kier alpha value is -3.56. The molecule has 5 rings (SSSR count). The molecule has 0 radical (unpaired) electrons. The summed E-state index contributed by atoms with van der Waals surface area (Å²) in [5.74, 6) is -0.296. The standard InChI is InChI=1S/C24H23N5O3S/c30-24(19-9-13-21(14-10-19)33(31,32)28-15-3-4-16-28)25-20-11-7-18(8-12-20)17-29-23-6-2-1-5-22(23)26-27-29/h1-2,5-14H,3-4,15-17H2,(H,25,30). The van der Waals surface area contributed by atoms with E-state index >= 15 is 0 Å². The van der Waals surface area contributed by atoms with Crippen molar-refractivity contribution in [3.8, 4) is 0 Å². The van der Waals surface area contributed by atoms with Crippen molar-refractivity contribution in [2.75, 3.05) is 18.4 Å². The highest BCUT2D eigenvalue weighted by Crippen LogP contribution is 2.21. The molecule has 1 aliphatic heterocycles. The van der Waals surface area contributed by atoms with E-state index in [2.05, 4.69) is 15.6 Å². The van der Waals surface area contributed by atoms with E-state index in [-0.39, 0.29) is 10.8 Å². The molecule has 1 aliphatic rings. The van der Waals surface area contributed by atoms with Crippen LogP contribution in [0.15, 0.2) is 77.7 Å². The summed E-state index contributed by atoms with van der Waals surface area (Å²) in [4.78, 5) is 12.8. The summed E-state index contributed by atoms with van der Waals surface area (Å²) in [7, 11) is -3.49. The monoisotopic (exact) mass is 461 g/mol. The van der Waals surface area contributed by atoms with Gasteiger partial charge in [-0.05, 0) is 66.9 Å². The van der Waals surface area contributed by atoms with Gasteiger partial charge in [0.15, 0.2) is 0 Å². The van der Waals surface area contributed by atoms with Crippen LogP contribution in [0.4, 0.5) is 5.69 Å². The topological polar surface area (TPSA) is 97.2 Å². The molecule has 1 saturated heterocycles. The zero-order valence-corrected chi connectivity index (χ0v) is 18.7. The van der Waals surface area contributed by atoms with Crippen LogP contribution in [0.25, 0.3) is 11.0 Å². The van der Waals surface area contributed by atoms with E-state index in [0.29, 0.717) is 30.9 Å². The molecule has 168 valence electrons. The normalized spacial score (nSPS) is 14.5. The second-order valence-electron chi connectivity index (χ2n) is 8.02. The van der Waals surface area contributed by atoms with Crippen molar-refractivity contribution < 1.29 is 13.2 Å². The number of amides is 1. The second kappa shape index (κ2) is 8.76. The number of aromatic nitrogens is 3. The van der Waals surface area contributed by atoms with Crippen LogP contribution in [0.5, 0.6) is 0 Å². The lowest BCUT2D eigenvalue weighted by atomic mass is 10.2. The summed E-state index contributed by atoms with van der Waals surface area (Å²) in [5.41, 5.74) is 3.89. The number of fused-ring (bicyclic) bond motifs is 1. The van der Waals surface area contributed by atoms with Gasteiger partial charge in [-0.15, -0.1) is 5.10 Å². The van der Waals surface area contributed by atoms with Crippen LogP contribution in [-0.4, -0.2) is 46.7 Å². The highest BCUT2D eigenvalue weighted by Gasteiger charge is 2.27. The molecule has 9 heteroatoms. The molecule has 33 heavy (non-hydrogen) atoms. The first-order valence-electron chi connectivity index (χ1n) is 10.8. The third-order valence-electron chi connectivity index (χ3n) is 5.78. The van der Waals surface area contributed by atoms with Crippen LogP contribution in [-0.2, 0) is 16.6 Å². The number of carbonyl (C=O) groups is 1. The number of nitrogens with zero attached hydrogens (tertiary/aromatic N) is 4. The van der Waals surface area contributed by atoms with Crippen molar-refractivity contribution in [2.45, 2.75) is 24.3 Å². The lowest BCUT2D eigenvalue weighted by Gasteiger charge is -2.15. The van der Waals surface area contributed by atoms with E-state index in [4.69, 9.17) is 0 Å². The molecule has 0 spiro atoms. The lowest BCUT2D eigenvalue weighted by molar-refractivity contribution is 0.102. The van der Waals surface area contributed by atoms with Crippen molar-refractivity contribution >= 4 is 32.7 Å². The molecule has 1 amide bonds. The van der Waals surface area contributed by atoms with Gasteiger partial charge in [0.05, 0.1) is 17.0 Å². The number of rotatable bonds is 6. The average molecular weight is 462 g/mol. The first kappa shape index (κ1) is 21.3. The van der Waals surface area contributed by atoms with E-state index < -0.39 is 10.0 Å². The lowest BCUT2D eigenvalue weighted by Crippen LogP contribution is -2.27. The van der Waals surface area contributed by atoms with Crippen LogP contribution >= 0.6 is 0 Å². The maximum atomic E-state index is 12.6. The van der Waals surface area contributed by atoms with E-state index in [0.717, 1.165) is 29.4 Å². The van der Waals surface area contributed by atoms with Gasteiger partial charge < -0.3 is 5.32 Å². The Morgan fingerprint density at radius 1 is 0.909 bits per heavy atom. The quantitative estimate of drug-likeness (QED) is 0.474. The van der Waals surface area contributed by atoms with Gasteiger partial charge in [0.2, 0.25) is 10.0 Å². The fraction of sp³-hybridized carbons (Fsp3) is 0.208. The van der Waals surface area contributed by atoms with Gasteiger partial charge in [-0.1, -0.05) is 29.5 Å². The van der Waals surface area contributed by atoms with Gasteiger partial charge in [0.25, 0.3) is 5.91 Å². The molecule has 1 fully saturated rings. The maximum absolute atomic E-state index is 12.6. The minimum absolute atomic E-state index is 0.214. The van der Waals surface area contributed by atoms with Crippen LogP contribution in [0.3, 0.4) is 0 Å². The van der Waals surface area contributed by atoms with Crippen LogP contribution in [0.1, 0.15) is 28.8 Å². The molecule has 0 saturated carbocycles. The Bertz CT molecular complexity index is 1390. The molecular formula is C24H23N5O3S. The number of hydrogen-bond acceptors (Lipinski definition) is 5. The predicted octanol–water partition coefficient (Wildman–Crippen LogP) is 3.52. The SMILES string of the molecule is O=C(Nc1ccc(Cn2nnc3ccccc32)cc1)c1ccc(S(=O)(=O)N2CCCC2)cc1. The Balaban J connectivity index is 1.24.